The Hall–Kier alpha value is -4.45. The van der Waals surface area contributed by atoms with Crippen molar-refractivity contribution in [1.82, 2.24) is 0 Å². The van der Waals surface area contributed by atoms with Crippen LogP contribution in [0.2, 0.25) is 0 Å². The molecule has 6 heteroatoms. The molecule has 79 heavy (non-hydrogen) atoms. The zero-order valence-corrected chi connectivity index (χ0v) is 51.3. The Balaban J connectivity index is 4.15. The van der Waals surface area contributed by atoms with E-state index in [1.165, 1.54) is 122 Å². The zero-order valence-electron chi connectivity index (χ0n) is 51.3. The van der Waals surface area contributed by atoms with Gasteiger partial charge in [-0.1, -0.05) is 289 Å². The van der Waals surface area contributed by atoms with Gasteiger partial charge in [0, 0.05) is 19.3 Å². The van der Waals surface area contributed by atoms with Crippen LogP contribution >= 0.6 is 0 Å². The lowest BCUT2D eigenvalue weighted by atomic mass is 10.0. The second-order valence-electron chi connectivity index (χ2n) is 21.3. The number of hydrogen-bond donors (Lipinski definition) is 0. The molecule has 0 radical (unpaired) electrons. The van der Waals surface area contributed by atoms with Gasteiger partial charge in [-0.2, -0.15) is 0 Å². The first-order valence-corrected chi connectivity index (χ1v) is 32.7. The standard InChI is InChI=1S/C73H120O6/c1-4-7-10-13-15-17-19-21-23-25-27-29-31-33-35-36-38-39-41-43-45-47-49-51-53-55-57-60-63-66-72(75)78-69-70(68-77-71(74)65-62-59-12-9-6-3)79-73(76)67-64-61-58-56-54-52-50-48-46-44-42-40-37-34-32-30-28-26-24-22-20-18-16-14-11-8-5-2/h7,10,15,17,20-23,26-29,33,35,38-39,43,45,49,51,55,57,70H,4-6,8-9,11-14,16,18-19,24-25,30-32,34,36-37,40-42,44,46-48,50,52-54,56,58-69H2,1-3H3/b10-7-,17-15-,22-20-,23-21-,28-26-,29-27-,35-33-,39-38-,45-43-,51-49-,57-55-. The Morgan fingerprint density at radius 1 is 0.266 bits per heavy atom. The first-order chi connectivity index (χ1) is 39.0. The molecule has 0 saturated heterocycles. The number of unbranched alkanes of at least 4 members (excludes halogenated alkanes) is 25. The summed E-state index contributed by atoms with van der Waals surface area (Å²) >= 11 is 0. The van der Waals surface area contributed by atoms with Gasteiger partial charge in [0.05, 0.1) is 0 Å². The average molecular weight is 1090 g/mol. The number of ether oxygens (including phenoxy) is 3. The second kappa shape index (κ2) is 66.1. The number of carbonyl (C=O) groups is 3. The summed E-state index contributed by atoms with van der Waals surface area (Å²) < 4.78 is 16.7. The molecule has 0 aliphatic carbocycles. The van der Waals surface area contributed by atoms with Crippen LogP contribution in [0.25, 0.3) is 0 Å². The van der Waals surface area contributed by atoms with Gasteiger partial charge >= 0.3 is 17.9 Å². The lowest BCUT2D eigenvalue weighted by molar-refractivity contribution is -0.167. The Morgan fingerprint density at radius 3 is 0.823 bits per heavy atom. The molecule has 0 heterocycles. The van der Waals surface area contributed by atoms with Gasteiger partial charge in [-0.15, -0.1) is 0 Å². The molecule has 1 unspecified atom stereocenters. The van der Waals surface area contributed by atoms with Crippen molar-refractivity contribution in [3.63, 3.8) is 0 Å². The van der Waals surface area contributed by atoms with E-state index >= 15 is 0 Å². The van der Waals surface area contributed by atoms with Gasteiger partial charge in [-0.3, -0.25) is 14.4 Å². The van der Waals surface area contributed by atoms with Gasteiger partial charge in [0.15, 0.2) is 6.10 Å². The molecule has 0 spiro atoms. The molecule has 0 aromatic rings. The summed E-state index contributed by atoms with van der Waals surface area (Å²) in [5.41, 5.74) is 0. The minimum absolute atomic E-state index is 0.0989. The molecule has 0 N–H and O–H groups in total. The summed E-state index contributed by atoms with van der Waals surface area (Å²) in [4.78, 5) is 37.9. The predicted octanol–water partition coefficient (Wildman–Crippen LogP) is 22.5. The highest BCUT2D eigenvalue weighted by molar-refractivity contribution is 5.71. The number of hydrogen-bond acceptors (Lipinski definition) is 6. The third kappa shape index (κ3) is 64.3. The number of allylic oxidation sites excluding steroid dienone is 22. The lowest BCUT2D eigenvalue weighted by Gasteiger charge is -2.18. The van der Waals surface area contributed by atoms with Crippen molar-refractivity contribution in [2.45, 2.75) is 297 Å². The highest BCUT2D eigenvalue weighted by atomic mass is 16.6. The van der Waals surface area contributed by atoms with Crippen LogP contribution < -0.4 is 0 Å². The van der Waals surface area contributed by atoms with E-state index in [9.17, 15) is 14.4 Å². The molecule has 0 aliphatic rings. The normalized spacial score (nSPS) is 13.0. The molecular weight excluding hydrogens is 973 g/mol. The fourth-order valence-corrected chi connectivity index (χ4v) is 8.77. The third-order valence-electron chi connectivity index (χ3n) is 13.6. The molecule has 6 nitrogen and oxygen atoms in total. The Morgan fingerprint density at radius 2 is 0.506 bits per heavy atom. The molecule has 0 aromatic heterocycles. The van der Waals surface area contributed by atoms with E-state index in [1.54, 1.807) is 0 Å². The summed E-state index contributed by atoms with van der Waals surface area (Å²) in [6, 6.07) is 0. The highest BCUT2D eigenvalue weighted by Gasteiger charge is 2.19. The van der Waals surface area contributed by atoms with Crippen LogP contribution in [0, 0.1) is 0 Å². The fourth-order valence-electron chi connectivity index (χ4n) is 8.77. The fraction of sp³-hybridized carbons (Fsp3) is 0.658. The minimum Gasteiger partial charge on any atom is -0.462 e. The molecule has 0 saturated carbocycles. The highest BCUT2D eigenvalue weighted by Crippen LogP contribution is 2.16. The van der Waals surface area contributed by atoms with Crippen molar-refractivity contribution in [3.05, 3.63) is 134 Å². The Kier molecular flexibility index (Phi) is 62.3. The second-order valence-corrected chi connectivity index (χ2v) is 21.3. The molecule has 0 rings (SSSR count). The summed E-state index contributed by atoms with van der Waals surface area (Å²) in [7, 11) is 0. The van der Waals surface area contributed by atoms with E-state index in [4.69, 9.17) is 14.2 Å². The van der Waals surface area contributed by atoms with E-state index < -0.39 is 6.10 Å². The topological polar surface area (TPSA) is 78.9 Å². The van der Waals surface area contributed by atoms with Crippen molar-refractivity contribution < 1.29 is 28.6 Å². The van der Waals surface area contributed by atoms with Crippen molar-refractivity contribution in [1.29, 1.82) is 0 Å². The molecule has 0 amide bonds. The average Bonchev–Trinajstić information content (AvgIpc) is 3.45. The van der Waals surface area contributed by atoms with Gasteiger partial charge in [-0.05, 0) is 116 Å². The van der Waals surface area contributed by atoms with Crippen LogP contribution in [0.5, 0.6) is 0 Å². The van der Waals surface area contributed by atoms with Crippen LogP contribution in [-0.2, 0) is 28.6 Å². The first kappa shape index (κ1) is 74.5. The zero-order chi connectivity index (χ0) is 57.1. The van der Waals surface area contributed by atoms with E-state index in [2.05, 4.69) is 154 Å². The largest absolute Gasteiger partial charge is 0.462 e. The van der Waals surface area contributed by atoms with Gasteiger partial charge in [0.1, 0.15) is 13.2 Å². The summed E-state index contributed by atoms with van der Waals surface area (Å²) in [5.74, 6) is -0.974. The van der Waals surface area contributed by atoms with E-state index in [0.717, 1.165) is 122 Å². The van der Waals surface area contributed by atoms with Crippen LogP contribution in [0.3, 0.4) is 0 Å². The maximum atomic E-state index is 12.8. The lowest BCUT2D eigenvalue weighted by Crippen LogP contribution is -2.30. The Labute approximate surface area is 487 Å². The van der Waals surface area contributed by atoms with Crippen molar-refractivity contribution >= 4 is 17.9 Å². The molecule has 0 aliphatic heterocycles. The maximum absolute atomic E-state index is 12.8. The number of carbonyl (C=O) groups excluding carboxylic acids is 3. The molecular formula is C73H120O6. The molecule has 0 fully saturated rings. The van der Waals surface area contributed by atoms with E-state index in [0.29, 0.717) is 19.3 Å². The van der Waals surface area contributed by atoms with E-state index in [-0.39, 0.29) is 37.5 Å². The van der Waals surface area contributed by atoms with Crippen LogP contribution in [0.4, 0.5) is 0 Å². The summed E-state index contributed by atoms with van der Waals surface area (Å²) in [6.45, 7) is 6.39. The molecule has 448 valence electrons. The smallest absolute Gasteiger partial charge is 0.306 e. The predicted molar refractivity (Wildman–Crippen MR) is 343 cm³/mol. The van der Waals surface area contributed by atoms with Crippen LogP contribution in [0.1, 0.15) is 290 Å². The molecule has 0 aromatic carbocycles. The number of rotatable bonds is 58. The van der Waals surface area contributed by atoms with Crippen molar-refractivity contribution in [3.8, 4) is 0 Å². The van der Waals surface area contributed by atoms with Gasteiger partial charge in [0.2, 0.25) is 0 Å². The van der Waals surface area contributed by atoms with E-state index in [1.807, 2.05) is 0 Å². The van der Waals surface area contributed by atoms with Gasteiger partial charge < -0.3 is 14.2 Å². The number of esters is 3. The Bertz CT molecular complexity index is 1680. The van der Waals surface area contributed by atoms with Crippen LogP contribution in [0.15, 0.2) is 134 Å². The van der Waals surface area contributed by atoms with Gasteiger partial charge in [0.25, 0.3) is 0 Å². The minimum atomic E-state index is -0.802. The van der Waals surface area contributed by atoms with Gasteiger partial charge in [-0.25, -0.2) is 0 Å². The quantitative estimate of drug-likeness (QED) is 0.0261. The maximum Gasteiger partial charge on any atom is 0.306 e. The third-order valence-corrected chi connectivity index (χ3v) is 13.6. The van der Waals surface area contributed by atoms with Crippen molar-refractivity contribution in [2.75, 3.05) is 13.2 Å². The van der Waals surface area contributed by atoms with Crippen molar-refractivity contribution in [2.24, 2.45) is 0 Å². The summed E-state index contributed by atoms with van der Waals surface area (Å²) in [5, 5.41) is 0. The SMILES string of the molecule is CC/C=C\C/C=C\C/C=C\C/C=C\C/C=C\C/C=C\C/C=C\C/C=C\C/C=C\CCCC(=O)OCC(COC(=O)CCCCCCC)OC(=O)CCCCCCCCCCCCCCCCC/C=C\C/C=C\CCCCCCC. The molecule has 0 bridgehead atoms. The summed E-state index contributed by atoms with van der Waals surface area (Å²) in [6.07, 6.45) is 93.8. The monoisotopic (exact) mass is 1090 g/mol. The first-order valence-electron chi connectivity index (χ1n) is 32.7. The van der Waals surface area contributed by atoms with Crippen LogP contribution in [-0.4, -0.2) is 37.2 Å². The molecule has 1 atom stereocenters.